The highest BCUT2D eigenvalue weighted by molar-refractivity contribution is 5.94. The second-order valence-electron chi connectivity index (χ2n) is 5.60. The Labute approximate surface area is 114 Å². The molecule has 1 aliphatic heterocycles. The molecule has 108 valence electrons. The zero-order chi connectivity index (χ0) is 14.4. The SMILES string of the molecule is N[C@@H]1CC[C@@H]2CN(C(=O)c3ccc(F)c(F)c3F)C[C@@H]21. The molecule has 3 nitrogen and oxygen atoms in total. The Morgan fingerprint density at radius 1 is 1.15 bits per heavy atom. The molecule has 1 aromatic carbocycles. The van der Waals surface area contributed by atoms with Crippen LogP contribution >= 0.6 is 0 Å². The van der Waals surface area contributed by atoms with E-state index in [0.29, 0.717) is 19.0 Å². The van der Waals surface area contributed by atoms with Crippen LogP contribution in [0.5, 0.6) is 0 Å². The molecule has 1 amide bonds. The summed E-state index contributed by atoms with van der Waals surface area (Å²) in [6.07, 6.45) is 1.90. The molecule has 1 aliphatic carbocycles. The van der Waals surface area contributed by atoms with Crippen LogP contribution in [0.15, 0.2) is 12.1 Å². The van der Waals surface area contributed by atoms with Crippen LogP contribution in [-0.2, 0) is 0 Å². The van der Waals surface area contributed by atoms with Gasteiger partial charge in [-0.25, -0.2) is 13.2 Å². The highest BCUT2D eigenvalue weighted by Crippen LogP contribution is 2.37. The predicted octanol–water partition coefficient (Wildman–Crippen LogP) is 1.91. The first-order chi connectivity index (χ1) is 9.49. The summed E-state index contributed by atoms with van der Waals surface area (Å²) in [4.78, 5) is 13.7. The van der Waals surface area contributed by atoms with Crippen LogP contribution in [0.3, 0.4) is 0 Å². The number of hydrogen-bond donors (Lipinski definition) is 1. The third-order valence-electron chi connectivity index (χ3n) is 4.47. The monoisotopic (exact) mass is 284 g/mol. The maximum Gasteiger partial charge on any atom is 0.256 e. The summed E-state index contributed by atoms with van der Waals surface area (Å²) in [6.45, 7) is 0.971. The zero-order valence-corrected chi connectivity index (χ0v) is 10.8. The lowest BCUT2D eigenvalue weighted by atomic mass is 9.98. The number of fused-ring (bicyclic) bond motifs is 1. The molecule has 1 saturated heterocycles. The zero-order valence-electron chi connectivity index (χ0n) is 10.8. The van der Waals surface area contributed by atoms with Gasteiger partial charge in [-0.15, -0.1) is 0 Å². The van der Waals surface area contributed by atoms with Gasteiger partial charge in [-0.1, -0.05) is 0 Å². The van der Waals surface area contributed by atoms with Gasteiger partial charge in [0.05, 0.1) is 5.56 Å². The number of carbonyl (C=O) groups is 1. The van der Waals surface area contributed by atoms with Crippen molar-refractivity contribution in [1.29, 1.82) is 0 Å². The van der Waals surface area contributed by atoms with Gasteiger partial charge < -0.3 is 10.6 Å². The van der Waals surface area contributed by atoms with E-state index in [2.05, 4.69) is 0 Å². The van der Waals surface area contributed by atoms with Crippen molar-refractivity contribution >= 4 is 5.91 Å². The quantitative estimate of drug-likeness (QED) is 0.801. The van der Waals surface area contributed by atoms with Gasteiger partial charge in [-0.3, -0.25) is 4.79 Å². The molecule has 0 unspecified atom stereocenters. The minimum atomic E-state index is -1.60. The lowest BCUT2D eigenvalue weighted by Gasteiger charge is -2.19. The fourth-order valence-electron chi connectivity index (χ4n) is 3.33. The lowest BCUT2D eigenvalue weighted by Crippen LogP contribution is -2.34. The Morgan fingerprint density at radius 3 is 2.60 bits per heavy atom. The normalized spacial score (nSPS) is 28.8. The number of benzene rings is 1. The highest BCUT2D eigenvalue weighted by Gasteiger charge is 2.43. The maximum absolute atomic E-state index is 13.6. The molecule has 0 radical (unpaired) electrons. The largest absolute Gasteiger partial charge is 0.338 e. The van der Waals surface area contributed by atoms with Crippen molar-refractivity contribution in [2.24, 2.45) is 17.6 Å². The molecular weight excluding hydrogens is 269 g/mol. The summed E-state index contributed by atoms with van der Waals surface area (Å²) in [6, 6.07) is 1.82. The Kier molecular flexibility index (Phi) is 3.20. The van der Waals surface area contributed by atoms with Crippen LogP contribution in [0.25, 0.3) is 0 Å². The maximum atomic E-state index is 13.6. The Bertz CT molecular complexity index is 564. The molecule has 3 rings (SSSR count). The van der Waals surface area contributed by atoms with Gasteiger partial charge >= 0.3 is 0 Å². The van der Waals surface area contributed by atoms with E-state index in [1.165, 1.54) is 4.90 Å². The van der Waals surface area contributed by atoms with E-state index in [-0.39, 0.29) is 12.0 Å². The number of amides is 1. The van der Waals surface area contributed by atoms with Crippen molar-refractivity contribution in [1.82, 2.24) is 4.90 Å². The lowest BCUT2D eigenvalue weighted by molar-refractivity contribution is 0.0773. The van der Waals surface area contributed by atoms with Crippen molar-refractivity contribution in [2.45, 2.75) is 18.9 Å². The third kappa shape index (κ3) is 1.98. The van der Waals surface area contributed by atoms with Crippen molar-refractivity contribution in [3.63, 3.8) is 0 Å². The molecule has 1 aromatic rings. The van der Waals surface area contributed by atoms with Crippen LogP contribution in [-0.4, -0.2) is 29.9 Å². The molecule has 0 spiro atoms. The summed E-state index contributed by atoms with van der Waals surface area (Å²) in [5.74, 6) is -4.35. The first kappa shape index (κ1) is 13.4. The topological polar surface area (TPSA) is 46.3 Å². The van der Waals surface area contributed by atoms with Crippen LogP contribution < -0.4 is 5.73 Å². The number of carbonyl (C=O) groups excluding carboxylic acids is 1. The second kappa shape index (κ2) is 4.77. The van der Waals surface area contributed by atoms with Crippen LogP contribution in [0.4, 0.5) is 13.2 Å². The second-order valence-corrected chi connectivity index (χ2v) is 5.60. The number of likely N-dealkylation sites (tertiary alicyclic amines) is 1. The fourth-order valence-corrected chi connectivity index (χ4v) is 3.33. The summed E-state index contributed by atoms with van der Waals surface area (Å²) < 4.78 is 39.7. The highest BCUT2D eigenvalue weighted by atomic mass is 19.2. The van der Waals surface area contributed by atoms with Crippen LogP contribution in [0.1, 0.15) is 23.2 Å². The summed E-state index contributed by atoms with van der Waals surface area (Å²) in [7, 11) is 0. The van der Waals surface area contributed by atoms with Gasteiger partial charge in [0.1, 0.15) is 0 Å². The minimum absolute atomic E-state index is 0.0626. The first-order valence-corrected chi connectivity index (χ1v) is 6.67. The fraction of sp³-hybridized carbons (Fsp3) is 0.500. The Morgan fingerprint density at radius 2 is 1.90 bits per heavy atom. The van der Waals surface area contributed by atoms with E-state index in [9.17, 15) is 18.0 Å². The Hall–Kier alpha value is -1.56. The van der Waals surface area contributed by atoms with Gasteiger partial charge in [0, 0.05) is 19.1 Å². The molecule has 2 N–H and O–H groups in total. The average molecular weight is 284 g/mol. The van der Waals surface area contributed by atoms with E-state index < -0.39 is 28.9 Å². The minimum Gasteiger partial charge on any atom is -0.338 e. The number of halogens is 3. The van der Waals surface area contributed by atoms with Crippen molar-refractivity contribution in [3.8, 4) is 0 Å². The van der Waals surface area contributed by atoms with Crippen molar-refractivity contribution < 1.29 is 18.0 Å². The van der Waals surface area contributed by atoms with E-state index in [1.807, 2.05) is 0 Å². The Balaban J connectivity index is 1.83. The molecule has 1 saturated carbocycles. The molecule has 6 heteroatoms. The predicted molar refractivity (Wildman–Crippen MR) is 66.4 cm³/mol. The summed E-state index contributed by atoms with van der Waals surface area (Å²) in [5, 5.41) is 0. The molecule has 1 heterocycles. The molecule has 3 atom stereocenters. The van der Waals surface area contributed by atoms with Gasteiger partial charge in [-0.05, 0) is 36.8 Å². The van der Waals surface area contributed by atoms with E-state index >= 15 is 0 Å². The standard InChI is InChI=1S/C14H15F3N2O/c15-10-3-2-8(12(16)13(10)17)14(20)19-5-7-1-4-11(18)9(7)6-19/h2-3,7,9,11H,1,4-6,18H2/t7-,9+,11-/m1/s1. The number of nitrogens with zero attached hydrogens (tertiary/aromatic N) is 1. The van der Waals surface area contributed by atoms with Gasteiger partial charge in [0.25, 0.3) is 5.91 Å². The third-order valence-corrected chi connectivity index (χ3v) is 4.47. The van der Waals surface area contributed by atoms with Gasteiger partial charge in [0.15, 0.2) is 17.5 Å². The number of hydrogen-bond acceptors (Lipinski definition) is 2. The van der Waals surface area contributed by atoms with Crippen molar-refractivity contribution in [3.05, 3.63) is 35.1 Å². The molecule has 20 heavy (non-hydrogen) atoms. The first-order valence-electron chi connectivity index (χ1n) is 6.67. The van der Waals surface area contributed by atoms with Gasteiger partial charge in [0.2, 0.25) is 0 Å². The molecule has 2 aliphatic rings. The van der Waals surface area contributed by atoms with Crippen LogP contribution in [0, 0.1) is 29.3 Å². The number of rotatable bonds is 1. The smallest absolute Gasteiger partial charge is 0.256 e. The molecule has 0 aromatic heterocycles. The molecule has 2 fully saturated rings. The van der Waals surface area contributed by atoms with Gasteiger partial charge in [-0.2, -0.15) is 0 Å². The molecular formula is C14H15F3N2O. The van der Waals surface area contributed by atoms with Crippen molar-refractivity contribution in [2.75, 3.05) is 13.1 Å². The average Bonchev–Trinajstić information content (AvgIpc) is 2.98. The number of nitrogens with two attached hydrogens (primary N) is 1. The van der Waals surface area contributed by atoms with E-state index in [0.717, 1.165) is 25.0 Å². The molecule has 0 bridgehead atoms. The van der Waals surface area contributed by atoms with E-state index in [4.69, 9.17) is 5.73 Å². The summed E-state index contributed by atoms with van der Waals surface area (Å²) >= 11 is 0. The summed E-state index contributed by atoms with van der Waals surface area (Å²) in [5.41, 5.74) is 5.55. The van der Waals surface area contributed by atoms with Crippen LogP contribution in [0.2, 0.25) is 0 Å². The van der Waals surface area contributed by atoms with E-state index in [1.54, 1.807) is 0 Å².